The van der Waals surface area contributed by atoms with Crippen molar-refractivity contribution >= 4 is 45.2 Å². The van der Waals surface area contributed by atoms with Gasteiger partial charge in [0.15, 0.2) is 0 Å². The van der Waals surface area contributed by atoms with Crippen LogP contribution in [0.4, 0.5) is 4.79 Å². The molecule has 1 fully saturated rings. The van der Waals surface area contributed by atoms with Crippen LogP contribution in [0.5, 0.6) is 0 Å². The predicted molar refractivity (Wildman–Crippen MR) is 112 cm³/mol. The summed E-state index contributed by atoms with van der Waals surface area (Å²) in [5.74, 6) is 0.259. The lowest BCUT2D eigenvalue weighted by Crippen LogP contribution is -2.50. The van der Waals surface area contributed by atoms with Crippen molar-refractivity contribution in [3.05, 3.63) is 28.2 Å². The van der Waals surface area contributed by atoms with Crippen molar-refractivity contribution < 1.29 is 14.3 Å². The summed E-state index contributed by atoms with van der Waals surface area (Å²) >= 11 is 7.75. The van der Waals surface area contributed by atoms with E-state index in [9.17, 15) is 9.59 Å². The van der Waals surface area contributed by atoms with Crippen LogP contribution in [-0.4, -0.2) is 46.6 Å². The molecule has 2 heterocycles. The summed E-state index contributed by atoms with van der Waals surface area (Å²) in [7, 11) is 0. The van der Waals surface area contributed by atoms with Crippen LogP contribution in [0, 0.1) is 0 Å². The number of nitrogens with zero attached hydrogens (tertiary/aromatic N) is 2. The maximum Gasteiger partial charge on any atom is 0.408 e. The van der Waals surface area contributed by atoms with Crippen LogP contribution in [0.2, 0.25) is 5.02 Å². The first-order valence-corrected chi connectivity index (χ1v) is 10.7. The smallest absolute Gasteiger partial charge is 0.408 e. The molecule has 0 spiro atoms. The highest BCUT2D eigenvalue weighted by molar-refractivity contribution is 7.18. The van der Waals surface area contributed by atoms with Crippen molar-refractivity contribution in [1.82, 2.24) is 15.2 Å². The number of thiazole rings is 1. The number of hydrogen-bond acceptors (Lipinski definition) is 5. The molecule has 2 aromatic rings. The minimum atomic E-state index is -0.615. The molecule has 8 heteroatoms. The first-order valence-electron chi connectivity index (χ1n) is 9.46. The number of rotatable bonds is 3. The fourth-order valence-electron chi connectivity index (χ4n) is 3.26. The number of fused-ring (bicyclic) bond motifs is 1. The van der Waals surface area contributed by atoms with Gasteiger partial charge in [-0.2, -0.15) is 0 Å². The Labute approximate surface area is 174 Å². The van der Waals surface area contributed by atoms with Crippen molar-refractivity contribution in [3.63, 3.8) is 0 Å². The molecule has 1 saturated heterocycles. The number of halogens is 1. The Hall–Kier alpha value is -1.86. The molecule has 152 valence electrons. The van der Waals surface area contributed by atoms with Gasteiger partial charge in [-0.3, -0.25) is 4.79 Å². The predicted octanol–water partition coefficient (Wildman–Crippen LogP) is 4.57. The van der Waals surface area contributed by atoms with Crippen LogP contribution >= 0.6 is 22.9 Å². The molecule has 6 nitrogen and oxygen atoms in total. The van der Waals surface area contributed by atoms with Crippen LogP contribution in [0.3, 0.4) is 0 Å². The number of ether oxygens (including phenoxy) is 1. The summed E-state index contributed by atoms with van der Waals surface area (Å²) in [5.41, 5.74) is 0.341. The second kappa shape index (κ2) is 8.25. The minimum Gasteiger partial charge on any atom is -0.444 e. The van der Waals surface area contributed by atoms with Crippen LogP contribution in [-0.2, 0) is 9.53 Å². The molecule has 3 rings (SSSR count). The number of benzene rings is 1. The second-order valence-electron chi connectivity index (χ2n) is 8.13. The van der Waals surface area contributed by atoms with E-state index in [-0.39, 0.29) is 5.91 Å². The van der Waals surface area contributed by atoms with E-state index in [1.54, 1.807) is 39.0 Å². The lowest BCUT2D eigenvalue weighted by molar-refractivity contribution is -0.134. The van der Waals surface area contributed by atoms with Crippen molar-refractivity contribution in [2.45, 2.75) is 58.1 Å². The number of amides is 2. The zero-order chi connectivity index (χ0) is 20.5. The van der Waals surface area contributed by atoms with Crippen molar-refractivity contribution in [2.75, 3.05) is 13.1 Å². The highest BCUT2D eigenvalue weighted by atomic mass is 35.5. The lowest BCUT2D eigenvalue weighted by Gasteiger charge is -2.33. The lowest BCUT2D eigenvalue weighted by atomic mass is 9.97. The van der Waals surface area contributed by atoms with E-state index in [0.29, 0.717) is 24.0 Å². The molecule has 0 bridgehead atoms. The number of carbonyl (C=O) groups excluding carboxylic acids is 2. The molecule has 1 aliphatic heterocycles. The van der Waals surface area contributed by atoms with Gasteiger partial charge in [0.25, 0.3) is 0 Å². The molecular weight excluding hydrogens is 398 g/mol. The summed E-state index contributed by atoms with van der Waals surface area (Å²) in [5, 5.41) is 4.42. The first-order chi connectivity index (χ1) is 13.1. The summed E-state index contributed by atoms with van der Waals surface area (Å²) in [6.07, 6.45) is 1.15. The Balaban J connectivity index is 1.55. The summed E-state index contributed by atoms with van der Waals surface area (Å²) in [6, 6.07) is 5.16. The van der Waals surface area contributed by atoms with Gasteiger partial charge in [-0.25, -0.2) is 9.78 Å². The Morgan fingerprint density at radius 3 is 2.64 bits per heavy atom. The molecule has 1 atom stereocenters. The number of hydrogen-bond donors (Lipinski definition) is 1. The summed E-state index contributed by atoms with van der Waals surface area (Å²) < 4.78 is 6.35. The van der Waals surface area contributed by atoms with Crippen LogP contribution in [0.15, 0.2) is 18.2 Å². The quantitative estimate of drug-likeness (QED) is 0.784. The van der Waals surface area contributed by atoms with Gasteiger partial charge in [0.2, 0.25) is 5.91 Å². The van der Waals surface area contributed by atoms with Gasteiger partial charge in [-0.15, -0.1) is 11.3 Å². The van der Waals surface area contributed by atoms with Crippen molar-refractivity contribution in [1.29, 1.82) is 0 Å². The molecule has 1 aromatic heterocycles. The topological polar surface area (TPSA) is 71.5 Å². The monoisotopic (exact) mass is 423 g/mol. The van der Waals surface area contributed by atoms with Gasteiger partial charge >= 0.3 is 6.09 Å². The number of nitrogens with one attached hydrogen (secondary N) is 1. The average Bonchev–Trinajstić information content (AvgIpc) is 3.02. The standard InChI is InChI=1S/C20H26ClN3O3S/c1-12(22-19(26)27-20(2,3)4)18(25)24-9-7-13(8-10-24)17-23-15-11-14(21)5-6-16(15)28-17/h5-6,11-13H,7-10H2,1-4H3,(H,22,26)/t12-/m1/s1. The third-order valence-electron chi connectivity index (χ3n) is 4.63. The van der Waals surface area contributed by atoms with Crippen molar-refractivity contribution in [3.8, 4) is 0 Å². The molecule has 0 unspecified atom stereocenters. The fourth-order valence-corrected chi connectivity index (χ4v) is 4.54. The van der Waals surface area contributed by atoms with Gasteiger partial charge in [-0.05, 0) is 58.7 Å². The molecule has 1 aromatic carbocycles. The van der Waals surface area contributed by atoms with Crippen LogP contribution in [0.1, 0.15) is 51.5 Å². The van der Waals surface area contributed by atoms with Crippen LogP contribution < -0.4 is 5.32 Å². The van der Waals surface area contributed by atoms with E-state index in [0.717, 1.165) is 28.1 Å². The third kappa shape index (κ3) is 5.14. The Kier molecular flexibility index (Phi) is 6.15. The maximum atomic E-state index is 12.6. The normalized spacial score (nSPS) is 16.8. The van der Waals surface area contributed by atoms with E-state index in [1.807, 2.05) is 23.1 Å². The molecule has 2 amide bonds. The summed E-state index contributed by atoms with van der Waals surface area (Å²) in [6.45, 7) is 8.37. The molecule has 0 aliphatic carbocycles. The molecule has 28 heavy (non-hydrogen) atoms. The number of alkyl carbamates (subject to hydrolysis) is 1. The third-order valence-corrected chi connectivity index (χ3v) is 6.06. The van der Waals surface area contributed by atoms with E-state index < -0.39 is 17.7 Å². The zero-order valence-electron chi connectivity index (χ0n) is 16.6. The number of piperidine rings is 1. The SMILES string of the molecule is C[C@@H](NC(=O)OC(C)(C)C)C(=O)N1CCC(c2nc3cc(Cl)ccc3s2)CC1. The first kappa shape index (κ1) is 20.9. The number of aromatic nitrogens is 1. The van der Waals surface area contributed by atoms with E-state index in [1.165, 1.54) is 0 Å². The van der Waals surface area contributed by atoms with Gasteiger partial charge in [0.05, 0.1) is 15.2 Å². The molecule has 0 saturated carbocycles. The van der Waals surface area contributed by atoms with E-state index in [2.05, 4.69) is 5.32 Å². The Morgan fingerprint density at radius 1 is 1.32 bits per heavy atom. The second-order valence-corrected chi connectivity index (χ2v) is 9.63. The zero-order valence-corrected chi connectivity index (χ0v) is 18.2. The molecule has 0 radical (unpaired) electrons. The average molecular weight is 424 g/mol. The number of carbonyl (C=O) groups is 2. The fraction of sp³-hybridized carbons (Fsp3) is 0.550. The Bertz CT molecular complexity index is 869. The van der Waals surface area contributed by atoms with E-state index in [4.69, 9.17) is 21.3 Å². The van der Waals surface area contributed by atoms with Gasteiger partial charge in [0.1, 0.15) is 11.6 Å². The summed E-state index contributed by atoms with van der Waals surface area (Å²) in [4.78, 5) is 31.1. The number of likely N-dealkylation sites (tertiary alicyclic amines) is 1. The van der Waals surface area contributed by atoms with Gasteiger partial charge in [-0.1, -0.05) is 11.6 Å². The highest BCUT2D eigenvalue weighted by Crippen LogP contribution is 2.34. The molecule has 1 aliphatic rings. The van der Waals surface area contributed by atoms with Gasteiger partial charge < -0.3 is 15.0 Å². The minimum absolute atomic E-state index is 0.0830. The van der Waals surface area contributed by atoms with Crippen LogP contribution in [0.25, 0.3) is 10.2 Å². The molecular formula is C20H26ClN3O3S. The largest absolute Gasteiger partial charge is 0.444 e. The van der Waals surface area contributed by atoms with Gasteiger partial charge in [0, 0.05) is 24.0 Å². The Morgan fingerprint density at radius 2 is 2.00 bits per heavy atom. The highest BCUT2D eigenvalue weighted by Gasteiger charge is 2.29. The van der Waals surface area contributed by atoms with E-state index >= 15 is 0 Å². The van der Waals surface area contributed by atoms with Crippen molar-refractivity contribution in [2.24, 2.45) is 0 Å². The maximum absolute atomic E-state index is 12.6. The molecule has 1 N–H and O–H groups in total.